The largest absolute Gasteiger partial charge is 0.495 e. The highest BCUT2D eigenvalue weighted by Gasteiger charge is 2.14. The van der Waals surface area contributed by atoms with Crippen molar-refractivity contribution in [1.29, 1.82) is 0 Å². The highest BCUT2D eigenvalue weighted by molar-refractivity contribution is 7.19. The van der Waals surface area contributed by atoms with E-state index in [1.54, 1.807) is 29.8 Å². The van der Waals surface area contributed by atoms with Crippen molar-refractivity contribution in [3.05, 3.63) is 35.3 Å². The van der Waals surface area contributed by atoms with Gasteiger partial charge in [-0.05, 0) is 32.9 Å². The Morgan fingerprint density at radius 1 is 1.08 bits per heavy atom. The summed E-state index contributed by atoms with van der Waals surface area (Å²) in [6.45, 7) is 10.2. The molecule has 5 nitrogen and oxygen atoms in total. The molecule has 0 aliphatic rings. The fourth-order valence-corrected chi connectivity index (χ4v) is 4.10. The first-order valence-corrected chi connectivity index (χ1v) is 10.4. The van der Waals surface area contributed by atoms with Gasteiger partial charge in [-0.25, -0.2) is 9.97 Å². The van der Waals surface area contributed by atoms with Crippen LogP contribution in [-0.2, 0) is 0 Å². The normalized spacial score (nSPS) is 10.3. The van der Waals surface area contributed by atoms with Gasteiger partial charge in [0.1, 0.15) is 5.75 Å². The lowest BCUT2D eigenvalue weighted by atomic mass is 10.3. The lowest BCUT2D eigenvalue weighted by molar-refractivity contribution is 0.417. The Kier molecular flexibility index (Phi) is 7.41. The van der Waals surface area contributed by atoms with Crippen LogP contribution in [0.15, 0.2) is 29.6 Å². The Bertz CT molecular complexity index is 827. The number of nitrogens with one attached hydrogen (secondary N) is 2. The van der Waals surface area contributed by atoms with E-state index in [1.165, 1.54) is 0 Å². The Balaban J connectivity index is 0.00000117. The molecule has 0 bridgehead atoms. The molecule has 26 heavy (non-hydrogen) atoms. The van der Waals surface area contributed by atoms with E-state index in [2.05, 4.69) is 34.8 Å². The minimum absolute atomic E-state index is 0.363. The second-order valence-electron chi connectivity index (χ2n) is 5.60. The first-order chi connectivity index (χ1) is 12.6. The molecule has 0 radical (unpaired) electrons. The van der Waals surface area contributed by atoms with Crippen molar-refractivity contribution in [2.75, 3.05) is 17.7 Å². The zero-order valence-corrected chi connectivity index (χ0v) is 17.7. The maximum absolute atomic E-state index is 5.37. The molecule has 1 aromatic carbocycles. The average molecular weight is 391 g/mol. The third-order valence-corrected chi connectivity index (χ3v) is 5.16. The summed E-state index contributed by atoms with van der Waals surface area (Å²) in [5.41, 5.74) is 2.85. The van der Waals surface area contributed by atoms with Crippen molar-refractivity contribution in [2.24, 2.45) is 0 Å². The van der Waals surface area contributed by atoms with Gasteiger partial charge in [-0.15, -0.1) is 11.3 Å². The zero-order chi connectivity index (χ0) is 19.1. The molecule has 3 rings (SSSR count). The number of hydrogen-bond acceptors (Lipinski definition) is 7. The van der Waals surface area contributed by atoms with Crippen LogP contribution in [0, 0.1) is 6.92 Å². The number of methoxy groups -OCH3 is 1. The van der Waals surface area contributed by atoms with Crippen molar-refractivity contribution in [3.63, 3.8) is 0 Å². The van der Waals surface area contributed by atoms with Crippen LogP contribution in [0.1, 0.15) is 33.4 Å². The van der Waals surface area contributed by atoms with E-state index in [1.807, 2.05) is 45.0 Å². The van der Waals surface area contributed by atoms with Gasteiger partial charge in [0.05, 0.1) is 29.1 Å². The first-order valence-electron chi connectivity index (χ1n) is 8.66. The van der Waals surface area contributed by atoms with Crippen molar-refractivity contribution in [3.8, 4) is 16.3 Å². The van der Waals surface area contributed by atoms with Crippen LogP contribution < -0.4 is 15.4 Å². The van der Waals surface area contributed by atoms with Gasteiger partial charge in [-0.1, -0.05) is 37.3 Å². The van der Waals surface area contributed by atoms with E-state index in [0.717, 1.165) is 38.0 Å². The van der Waals surface area contributed by atoms with E-state index < -0.39 is 0 Å². The van der Waals surface area contributed by atoms with Crippen molar-refractivity contribution in [2.45, 2.75) is 40.7 Å². The Morgan fingerprint density at radius 3 is 2.50 bits per heavy atom. The summed E-state index contributed by atoms with van der Waals surface area (Å²) < 4.78 is 5.37. The molecule has 0 atom stereocenters. The van der Waals surface area contributed by atoms with E-state index in [9.17, 15) is 0 Å². The van der Waals surface area contributed by atoms with Crippen LogP contribution >= 0.6 is 22.7 Å². The summed E-state index contributed by atoms with van der Waals surface area (Å²) >= 11 is 3.21. The first kappa shape index (κ1) is 20.2. The number of para-hydroxylation sites is 2. The van der Waals surface area contributed by atoms with Gasteiger partial charge in [0, 0.05) is 11.4 Å². The fourth-order valence-electron chi connectivity index (χ4n) is 2.24. The van der Waals surface area contributed by atoms with Crippen LogP contribution in [-0.4, -0.2) is 23.1 Å². The average Bonchev–Trinajstić information content (AvgIpc) is 3.23. The number of rotatable bonds is 6. The van der Waals surface area contributed by atoms with Gasteiger partial charge in [0.25, 0.3) is 0 Å². The SMILES string of the molecule is CC.COc1ccccc1Nc1nc(-c2sc(NC(C)C)nc2C)cs1. The van der Waals surface area contributed by atoms with Gasteiger partial charge in [-0.3, -0.25) is 0 Å². The molecule has 0 saturated heterocycles. The number of benzene rings is 1. The molecular weight excluding hydrogens is 364 g/mol. The van der Waals surface area contributed by atoms with E-state index in [4.69, 9.17) is 9.72 Å². The van der Waals surface area contributed by atoms with Crippen LogP contribution in [0.3, 0.4) is 0 Å². The molecular formula is C19H26N4OS2. The van der Waals surface area contributed by atoms with Gasteiger partial charge >= 0.3 is 0 Å². The summed E-state index contributed by atoms with van der Waals surface area (Å²) in [7, 11) is 1.66. The van der Waals surface area contributed by atoms with E-state index in [-0.39, 0.29) is 0 Å². The summed E-state index contributed by atoms with van der Waals surface area (Å²) in [5, 5.41) is 10.5. The molecule has 0 aliphatic carbocycles. The number of nitrogens with zero attached hydrogens (tertiary/aromatic N) is 2. The maximum atomic E-state index is 5.37. The highest BCUT2D eigenvalue weighted by atomic mass is 32.1. The van der Waals surface area contributed by atoms with Crippen molar-refractivity contribution >= 4 is 38.6 Å². The lowest BCUT2D eigenvalue weighted by Gasteiger charge is -2.07. The quantitative estimate of drug-likeness (QED) is 0.527. The molecule has 0 unspecified atom stereocenters. The summed E-state index contributed by atoms with van der Waals surface area (Å²) in [6, 6.07) is 8.18. The topological polar surface area (TPSA) is 59.1 Å². The molecule has 0 aliphatic heterocycles. The number of aromatic nitrogens is 2. The minimum atomic E-state index is 0.363. The van der Waals surface area contributed by atoms with Crippen LogP contribution in [0.5, 0.6) is 5.75 Å². The number of anilines is 3. The zero-order valence-electron chi connectivity index (χ0n) is 16.1. The van der Waals surface area contributed by atoms with Crippen LogP contribution in [0.2, 0.25) is 0 Å². The van der Waals surface area contributed by atoms with E-state index in [0.29, 0.717) is 6.04 Å². The van der Waals surface area contributed by atoms with Gasteiger partial charge in [0.15, 0.2) is 10.3 Å². The van der Waals surface area contributed by atoms with Gasteiger partial charge in [0.2, 0.25) is 0 Å². The second kappa shape index (κ2) is 9.54. The monoisotopic (exact) mass is 390 g/mol. The molecule has 0 saturated carbocycles. The molecule has 0 fully saturated rings. The van der Waals surface area contributed by atoms with E-state index >= 15 is 0 Å². The summed E-state index contributed by atoms with van der Waals surface area (Å²) in [4.78, 5) is 10.4. The minimum Gasteiger partial charge on any atom is -0.495 e. The lowest BCUT2D eigenvalue weighted by Crippen LogP contribution is -2.08. The molecule has 3 aromatic rings. The standard InChI is InChI=1S/C17H20N4OS2.C2H6/c1-10(2)18-17-19-11(3)15(24-17)13-9-23-16(21-13)20-12-7-5-6-8-14(12)22-4;1-2/h5-10H,1-4H3,(H,18,19)(H,20,21);1-2H3. The van der Waals surface area contributed by atoms with Crippen LogP contribution in [0.25, 0.3) is 10.6 Å². The molecule has 7 heteroatoms. The molecule has 0 spiro atoms. The molecule has 140 valence electrons. The second-order valence-corrected chi connectivity index (χ2v) is 7.45. The van der Waals surface area contributed by atoms with Gasteiger partial charge < -0.3 is 15.4 Å². The summed E-state index contributed by atoms with van der Waals surface area (Å²) in [6.07, 6.45) is 0. The predicted molar refractivity (Wildman–Crippen MR) is 114 cm³/mol. The number of ether oxygens (including phenoxy) is 1. The third kappa shape index (κ3) is 4.95. The third-order valence-electron chi connectivity index (χ3n) is 3.29. The smallest absolute Gasteiger partial charge is 0.187 e. The number of thiazole rings is 2. The molecule has 2 aromatic heterocycles. The Morgan fingerprint density at radius 2 is 1.81 bits per heavy atom. The van der Waals surface area contributed by atoms with Crippen LogP contribution in [0.4, 0.5) is 16.0 Å². The molecule has 2 heterocycles. The molecule has 2 N–H and O–H groups in total. The van der Waals surface area contributed by atoms with Crippen molar-refractivity contribution in [1.82, 2.24) is 9.97 Å². The van der Waals surface area contributed by atoms with Crippen molar-refractivity contribution < 1.29 is 4.74 Å². The fraction of sp³-hybridized carbons (Fsp3) is 0.368. The highest BCUT2D eigenvalue weighted by Crippen LogP contribution is 2.36. The van der Waals surface area contributed by atoms with Gasteiger partial charge in [-0.2, -0.15) is 0 Å². The number of hydrogen-bond donors (Lipinski definition) is 2. The summed E-state index contributed by atoms with van der Waals surface area (Å²) in [5.74, 6) is 0.798. The Labute approximate surface area is 163 Å². The number of aryl methyl sites for hydroxylation is 1. The maximum Gasteiger partial charge on any atom is 0.187 e. The predicted octanol–water partition coefficient (Wildman–Crippen LogP) is 6.17. The Hall–Kier alpha value is -2.12. The molecule has 0 amide bonds.